The van der Waals surface area contributed by atoms with Crippen molar-refractivity contribution in [1.82, 2.24) is 20.2 Å². The van der Waals surface area contributed by atoms with Crippen LogP contribution in [0.5, 0.6) is 0 Å². The van der Waals surface area contributed by atoms with Gasteiger partial charge in [-0.15, -0.1) is 21.5 Å². The maximum Gasteiger partial charge on any atom is 0.226 e. The fraction of sp³-hybridized carbons (Fsp3) is 0.105. The van der Waals surface area contributed by atoms with Crippen LogP contribution in [0.15, 0.2) is 53.1 Å². The van der Waals surface area contributed by atoms with Crippen molar-refractivity contribution in [1.29, 1.82) is 0 Å². The number of hydrogen-bond acceptors (Lipinski definition) is 7. The second kappa shape index (κ2) is 6.71. The highest BCUT2D eigenvalue weighted by atomic mass is 32.2. The van der Waals surface area contributed by atoms with Gasteiger partial charge in [0, 0.05) is 40.3 Å². The molecule has 1 aliphatic rings. The fourth-order valence-electron chi connectivity index (χ4n) is 3.18. The molecule has 5 rings (SSSR count). The van der Waals surface area contributed by atoms with Crippen LogP contribution < -0.4 is 5.32 Å². The number of nitrogens with one attached hydrogen (secondary N) is 1. The van der Waals surface area contributed by atoms with E-state index in [1.165, 1.54) is 33.9 Å². The lowest BCUT2D eigenvalue weighted by atomic mass is 10.0. The minimum atomic E-state index is -0.0660. The van der Waals surface area contributed by atoms with E-state index in [-0.39, 0.29) is 5.91 Å². The number of carbonyl (C=O) groups is 1. The molecule has 0 unspecified atom stereocenters. The van der Waals surface area contributed by atoms with Gasteiger partial charge in [-0.3, -0.25) is 4.79 Å². The van der Waals surface area contributed by atoms with Gasteiger partial charge in [-0.25, -0.2) is 9.97 Å². The van der Waals surface area contributed by atoms with Crippen molar-refractivity contribution in [3.63, 3.8) is 0 Å². The Labute approximate surface area is 163 Å². The highest BCUT2D eigenvalue weighted by Crippen LogP contribution is 2.44. The van der Waals surface area contributed by atoms with E-state index in [1.54, 1.807) is 6.20 Å². The smallest absolute Gasteiger partial charge is 0.226 e. The zero-order chi connectivity index (χ0) is 18.2. The van der Waals surface area contributed by atoms with E-state index in [0.717, 1.165) is 22.5 Å². The van der Waals surface area contributed by atoms with Crippen molar-refractivity contribution in [3.8, 4) is 22.5 Å². The highest BCUT2D eigenvalue weighted by molar-refractivity contribution is 7.99. The molecule has 1 N–H and O–H groups in total. The van der Waals surface area contributed by atoms with Crippen LogP contribution in [-0.4, -0.2) is 31.8 Å². The largest absolute Gasteiger partial charge is 0.302 e. The summed E-state index contributed by atoms with van der Waals surface area (Å²) in [5.41, 5.74) is 3.87. The monoisotopic (exact) mass is 391 g/mol. The molecule has 0 saturated heterocycles. The molecule has 2 heterocycles. The van der Waals surface area contributed by atoms with Crippen LogP contribution in [0.25, 0.3) is 33.3 Å². The molecule has 0 radical (unpaired) electrons. The number of rotatable bonds is 5. The van der Waals surface area contributed by atoms with E-state index in [4.69, 9.17) is 4.98 Å². The molecular weight excluding hydrogens is 378 g/mol. The number of benzene rings is 2. The predicted octanol–water partition coefficient (Wildman–Crippen LogP) is 4.25. The normalized spacial score (nSPS) is 11.6. The lowest BCUT2D eigenvalue weighted by Crippen LogP contribution is -2.12. The van der Waals surface area contributed by atoms with Gasteiger partial charge in [0.15, 0.2) is 5.13 Å². The first-order valence-electron chi connectivity index (χ1n) is 8.39. The number of nitrogens with zero attached hydrogens (tertiary/aromatic N) is 4. The van der Waals surface area contributed by atoms with Crippen LogP contribution in [-0.2, 0) is 4.79 Å². The number of aromatic nitrogens is 4. The molecule has 2 aromatic carbocycles. The first-order chi connectivity index (χ1) is 13.3. The number of thioether (sulfide) groups is 1. The van der Waals surface area contributed by atoms with Gasteiger partial charge in [0.1, 0.15) is 11.4 Å². The number of thiazole rings is 1. The molecule has 1 amide bonds. The number of hydrogen-bond donors (Lipinski definition) is 1. The molecule has 2 aromatic heterocycles. The maximum absolute atomic E-state index is 11.9. The van der Waals surface area contributed by atoms with Crippen molar-refractivity contribution < 1.29 is 4.79 Å². The Hall–Kier alpha value is -2.84. The van der Waals surface area contributed by atoms with Gasteiger partial charge in [-0.05, 0) is 5.39 Å². The van der Waals surface area contributed by atoms with Crippen LogP contribution >= 0.6 is 23.1 Å². The van der Waals surface area contributed by atoms with Crippen LogP contribution in [0.4, 0.5) is 5.13 Å². The quantitative estimate of drug-likeness (QED) is 0.451. The lowest BCUT2D eigenvalue weighted by Gasteiger charge is -2.03. The zero-order valence-corrected chi connectivity index (χ0v) is 15.7. The maximum atomic E-state index is 11.9. The SMILES string of the molecule is O=C(CCSc1nnc2c(n1)-c1cccc3cccc-2c13)Nc1nccs1. The summed E-state index contributed by atoms with van der Waals surface area (Å²) in [5, 5.41) is 16.8. The van der Waals surface area contributed by atoms with E-state index >= 15 is 0 Å². The van der Waals surface area contributed by atoms with E-state index in [1.807, 2.05) is 17.5 Å². The van der Waals surface area contributed by atoms with E-state index in [0.29, 0.717) is 22.5 Å². The molecule has 0 fully saturated rings. The first kappa shape index (κ1) is 16.3. The molecule has 0 spiro atoms. The Morgan fingerprint density at radius 1 is 1.07 bits per heavy atom. The van der Waals surface area contributed by atoms with E-state index < -0.39 is 0 Å². The average Bonchev–Trinajstić information content (AvgIpc) is 3.30. The van der Waals surface area contributed by atoms with Crippen LogP contribution in [0, 0.1) is 0 Å². The minimum Gasteiger partial charge on any atom is -0.302 e. The van der Waals surface area contributed by atoms with Gasteiger partial charge < -0.3 is 5.32 Å². The molecule has 0 aliphatic heterocycles. The third kappa shape index (κ3) is 2.96. The van der Waals surface area contributed by atoms with Crippen molar-refractivity contribution in [2.24, 2.45) is 0 Å². The van der Waals surface area contributed by atoms with Gasteiger partial charge in [0.05, 0.1) is 0 Å². The molecule has 27 heavy (non-hydrogen) atoms. The van der Waals surface area contributed by atoms with Gasteiger partial charge in [-0.1, -0.05) is 48.2 Å². The Morgan fingerprint density at radius 2 is 1.89 bits per heavy atom. The Kier molecular flexibility index (Phi) is 4.06. The minimum absolute atomic E-state index is 0.0660. The van der Waals surface area contributed by atoms with Gasteiger partial charge in [-0.2, -0.15) is 0 Å². The number of carbonyl (C=O) groups excluding carboxylic acids is 1. The number of fused-ring (bicyclic) bond motifs is 3. The predicted molar refractivity (Wildman–Crippen MR) is 108 cm³/mol. The summed E-state index contributed by atoms with van der Waals surface area (Å²) in [7, 11) is 0. The van der Waals surface area contributed by atoms with Gasteiger partial charge in [0.2, 0.25) is 11.1 Å². The molecule has 1 aliphatic carbocycles. The molecule has 132 valence electrons. The van der Waals surface area contributed by atoms with Gasteiger partial charge >= 0.3 is 0 Å². The van der Waals surface area contributed by atoms with Crippen molar-refractivity contribution in [3.05, 3.63) is 48.0 Å². The topological polar surface area (TPSA) is 80.7 Å². The summed E-state index contributed by atoms with van der Waals surface area (Å²) in [5.74, 6) is 0.512. The van der Waals surface area contributed by atoms with Crippen LogP contribution in [0.2, 0.25) is 0 Å². The number of anilines is 1. The zero-order valence-electron chi connectivity index (χ0n) is 14.0. The standard InChI is InChI=1S/C19H13N5OS2/c25-14(21-18-20-8-10-27-18)7-9-26-19-22-16-12-5-1-3-11-4-2-6-13(15(11)12)17(16)23-24-19/h1-6,8,10H,7,9H2,(H,20,21,25). The van der Waals surface area contributed by atoms with Crippen molar-refractivity contribution in [2.45, 2.75) is 11.6 Å². The molecular formula is C19H13N5OS2. The molecule has 4 aromatic rings. The molecule has 0 bridgehead atoms. The Morgan fingerprint density at radius 3 is 2.67 bits per heavy atom. The molecule has 6 nitrogen and oxygen atoms in total. The summed E-state index contributed by atoms with van der Waals surface area (Å²) < 4.78 is 0. The Balaban J connectivity index is 1.33. The summed E-state index contributed by atoms with van der Waals surface area (Å²) in [6, 6.07) is 12.4. The van der Waals surface area contributed by atoms with Crippen LogP contribution in [0.1, 0.15) is 6.42 Å². The fourth-order valence-corrected chi connectivity index (χ4v) is 4.45. The second-order valence-corrected chi connectivity index (χ2v) is 7.94. The summed E-state index contributed by atoms with van der Waals surface area (Å²) in [6.07, 6.45) is 2.03. The third-order valence-corrected chi connectivity index (χ3v) is 5.85. The average molecular weight is 391 g/mol. The summed E-state index contributed by atoms with van der Waals surface area (Å²) >= 11 is 2.83. The van der Waals surface area contributed by atoms with Crippen molar-refractivity contribution in [2.75, 3.05) is 11.1 Å². The van der Waals surface area contributed by atoms with Crippen molar-refractivity contribution >= 4 is 44.9 Å². The molecule has 0 saturated carbocycles. The lowest BCUT2D eigenvalue weighted by molar-refractivity contribution is -0.115. The third-order valence-electron chi connectivity index (χ3n) is 4.32. The van der Waals surface area contributed by atoms with Crippen LogP contribution in [0.3, 0.4) is 0 Å². The van der Waals surface area contributed by atoms with Gasteiger partial charge in [0.25, 0.3) is 0 Å². The van der Waals surface area contributed by atoms with E-state index in [2.05, 4.69) is 44.8 Å². The number of amides is 1. The molecule has 0 atom stereocenters. The Bertz CT molecular complexity index is 1150. The second-order valence-electron chi connectivity index (χ2n) is 5.98. The molecule has 8 heteroatoms. The highest BCUT2D eigenvalue weighted by Gasteiger charge is 2.24. The summed E-state index contributed by atoms with van der Waals surface area (Å²) in [6.45, 7) is 0. The van der Waals surface area contributed by atoms with E-state index in [9.17, 15) is 4.79 Å². The first-order valence-corrected chi connectivity index (χ1v) is 10.3. The summed E-state index contributed by atoms with van der Waals surface area (Å²) in [4.78, 5) is 20.7.